The summed E-state index contributed by atoms with van der Waals surface area (Å²) in [5.74, 6) is -19.2. The summed E-state index contributed by atoms with van der Waals surface area (Å²) in [6.07, 6.45) is -7.80. The molecule has 1 nitrogen and oxygen atoms in total. The Morgan fingerprint density at radius 3 is 1.50 bits per heavy atom. The Bertz CT molecular complexity index is 283. The lowest BCUT2D eigenvalue weighted by Gasteiger charge is -2.36. The van der Waals surface area contributed by atoms with Crippen LogP contribution >= 0.6 is 0 Å². The van der Waals surface area contributed by atoms with Gasteiger partial charge in [-0.15, -0.1) is 0 Å². The zero-order chi connectivity index (χ0) is 15.0. The van der Waals surface area contributed by atoms with Crippen molar-refractivity contribution in [3.05, 3.63) is 0 Å². The molecule has 0 aliphatic rings. The van der Waals surface area contributed by atoms with Gasteiger partial charge in [-0.25, -0.2) is 0 Å². The highest BCUT2D eigenvalue weighted by atomic mass is 19.4. The van der Waals surface area contributed by atoms with E-state index in [1.165, 1.54) is 6.92 Å². The van der Waals surface area contributed by atoms with Crippen LogP contribution in [0.3, 0.4) is 0 Å². The van der Waals surface area contributed by atoms with Crippen molar-refractivity contribution in [1.82, 2.24) is 0 Å². The second-order valence-electron chi connectivity index (χ2n) is 3.66. The summed E-state index contributed by atoms with van der Waals surface area (Å²) in [6, 6.07) is -2.80. The third-order valence-corrected chi connectivity index (χ3v) is 2.23. The van der Waals surface area contributed by atoms with Gasteiger partial charge in [-0.3, -0.25) is 0 Å². The first kappa shape index (κ1) is 17.3. The maximum absolute atomic E-state index is 13.0. The van der Waals surface area contributed by atoms with E-state index in [2.05, 4.69) is 5.73 Å². The molecule has 0 spiro atoms. The Hall–Kier alpha value is -0.670. The molecule has 1 atom stereocenters. The lowest BCUT2D eigenvalue weighted by molar-refractivity contribution is -0.398. The number of hydrogen-bond acceptors (Lipinski definition) is 1. The molecule has 0 heterocycles. The van der Waals surface area contributed by atoms with Gasteiger partial charge in [-0.2, -0.15) is 39.5 Å². The fraction of sp³-hybridized carbons (Fsp3) is 1.00. The maximum Gasteiger partial charge on any atom is 0.460 e. The van der Waals surface area contributed by atoms with Gasteiger partial charge in [0, 0.05) is 0 Å². The quantitative estimate of drug-likeness (QED) is 0.770. The summed E-state index contributed by atoms with van der Waals surface area (Å²) >= 11 is 0. The first-order valence-corrected chi connectivity index (χ1v) is 4.69. The van der Waals surface area contributed by atoms with Crippen LogP contribution in [0.5, 0.6) is 0 Å². The smallest absolute Gasteiger partial charge is 0.322 e. The van der Waals surface area contributed by atoms with E-state index in [9.17, 15) is 39.5 Å². The maximum atomic E-state index is 13.0. The third kappa shape index (κ3) is 2.52. The molecule has 0 saturated heterocycles. The number of halogens is 9. The van der Waals surface area contributed by atoms with Crippen molar-refractivity contribution < 1.29 is 39.5 Å². The van der Waals surface area contributed by atoms with Gasteiger partial charge in [0.15, 0.2) is 0 Å². The summed E-state index contributed by atoms with van der Waals surface area (Å²) in [6.45, 7) is 1.23. The average molecular weight is 291 g/mol. The van der Waals surface area contributed by atoms with Crippen LogP contribution < -0.4 is 5.73 Å². The van der Waals surface area contributed by atoms with Gasteiger partial charge >= 0.3 is 23.9 Å². The van der Waals surface area contributed by atoms with E-state index in [0.29, 0.717) is 0 Å². The summed E-state index contributed by atoms with van der Waals surface area (Å²) in [4.78, 5) is 0. The molecule has 0 radical (unpaired) electrons. The van der Waals surface area contributed by atoms with E-state index >= 15 is 0 Å². The molecular weight excluding hydrogens is 281 g/mol. The van der Waals surface area contributed by atoms with E-state index in [-0.39, 0.29) is 6.42 Å². The highest BCUT2D eigenvalue weighted by Crippen LogP contribution is 2.54. The molecule has 10 heteroatoms. The lowest BCUT2D eigenvalue weighted by Crippen LogP contribution is -2.65. The second-order valence-corrected chi connectivity index (χ2v) is 3.66. The molecule has 0 aliphatic carbocycles. The topological polar surface area (TPSA) is 26.0 Å². The van der Waals surface area contributed by atoms with E-state index < -0.39 is 36.4 Å². The summed E-state index contributed by atoms with van der Waals surface area (Å²) in [5.41, 5.74) is 4.56. The van der Waals surface area contributed by atoms with Crippen LogP contribution in [0.15, 0.2) is 0 Å². The van der Waals surface area contributed by atoms with Crippen molar-refractivity contribution in [3.8, 4) is 0 Å². The molecule has 0 amide bonds. The van der Waals surface area contributed by atoms with Gasteiger partial charge in [0.05, 0.1) is 6.04 Å². The molecule has 0 aromatic carbocycles. The van der Waals surface area contributed by atoms with Crippen LogP contribution in [-0.2, 0) is 0 Å². The van der Waals surface area contributed by atoms with Gasteiger partial charge in [-0.05, 0) is 6.42 Å². The second kappa shape index (κ2) is 4.78. The van der Waals surface area contributed by atoms with Crippen molar-refractivity contribution >= 4 is 0 Å². The fourth-order valence-electron chi connectivity index (χ4n) is 1.11. The van der Waals surface area contributed by atoms with Crippen LogP contribution in [0, 0.1) is 0 Å². The normalized spacial score (nSPS) is 16.8. The van der Waals surface area contributed by atoms with E-state index in [4.69, 9.17) is 0 Å². The largest absolute Gasteiger partial charge is 0.460 e. The van der Waals surface area contributed by atoms with E-state index in [0.717, 1.165) is 0 Å². The minimum absolute atomic E-state index is 0.176. The van der Waals surface area contributed by atoms with Crippen molar-refractivity contribution in [2.24, 2.45) is 5.73 Å². The monoisotopic (exact) mass is 291 g/mol. The number of hydrogen-bond donors (Lipinski definition) is 1. The van der Waals surface area contributed by atoms with E-state index in [1.54, 1.807) is 0 Å². The van der Waals surface area contributed by atoms with Crippen molar-refractivity contribution in [1.29, 1.82) is 0 Å². The van der Waals surface area contributed by atoms with Crippen molar-refractivity contribution in [2.45, 2.75) is 49.8 Å². The van der Waals surface area contributed by atoms with Crippen LogP contribution in [0.2, 0.25) is 0 Å². The Morgan fingerprint density at radius 2 is 1.22 bits per heavy atom. The standard InChI is InChI=1S/C8H10F9N/c1-2-3-4(18)5(9,10)6(11,12)7(13,14)8(15,16)17/h4H,2-3,18H2,1H3. The average Bonchev–Trinajstić information content (AvgIpc) is 2.15. The zero-order valence-corrected chi connectivity index (χ0v) is 8.97. The number of nitrogens with two attached hydrogens (primary N) is 1. The SMILES string of the molecule is CCCC(N)C(F)(F)C(F)(F)C(F)(F)C(F)(F)F. The first-order valence-electron chi connectivity index (χ1n) is 4.69. The molecule has 0 aromatic heterocycles. The lowest BCUT2D eigenvalue weighted by atomic mass is 9.95. The van der Waals surface area contributed by atoms with Crippen LogP contribution in [0.1, 0.15) is 19.8 Å². The highest BCUT2D eigenvalue weighted by molar-refractivity contribution is 5.04. The van der Waals surface area contributed by atoms with Gasteiger partial charge in [-0.1, -0.05) is 13.3 Å². The third-order valence-electron chi connectivity index (χ3n) is 2.23. The van der Waals surface area contributed by atoms with Crippen LogP contribution in [0.4, 0.5) is 39.5 Å². The minimum Gasteiger partial charge on any atom is -0.322 e. The van der Waals surface area contributed by atoms with E-state index in [1.807, 2.05) is 0 Å². The fourth-order valence-corrected chi connectivity index (χ4v) is 1.11. The predicted molar refractivity (Wildman–Crippen MR) is 43.8 cm³/mol. The van der Waals surface area contributed by atoms with Crippen LogP contribution in [-0.4, -0.2) is 30.0 Å². The zero-order valence-electron chi connectivity index (χ0n) is 8.97. The molecule has 110 valence electrons. The predicted octanol–water partition coefficient (Wildman–Crippen LogP) is 3.58. The molecule has 1 unspecified atom stereocenters. The minimum atomic E-state index is -6.87. The van der Waals surface area contributed by atoms with Crippen molar-refractivity contribution in [2.75, 3.05) is 0 Å². The molecule has 18 heavy (non-hydrogen) atoms. The Morgan fingerprint density at radius 1 is 0.833 bits per heavy atom. The van der Waals surface area contributed by atoms with Gasteiger partial charge in [0.2, 0.25) is 0 Å². The summed E-state index contributed by atoms with van der Waals surface area (Å²) in [7, 11) is 0. The Kier molecular flexibility index (Phi) is 4.60. The first-order chi connectivity index (χ1) is 7.73. The molecule has 0 rings (SSSR count). The summed E-state index contributed by atoms with van der Waals surface area (Å²) < 4.78 is 111. The number of rotatable bonds is 5. The molecular formula is C8H10F9N. The molecule has 0 aromatic rings. The molecule has 0 bridgehead atoms. The summed E-state index contributed by atoms with van der Waals surface area (Å²) in [5, 5.41) is 0. The van der Waals surface area contributed by atoms with Gasteiger partial charge in [0.25, 0.3) is 0 Å². The van der Waals surface area contributed by atoms with Gasteiger partial charge in [0.1, 0.15) is 0 Å². The van der Waals surface area contributed by atoms with Crippen LogP contribution in [0.25, 0.3) is 0 Å². The Balaban J connectivity index is 5.49. The highest BCUT2D eigenvalue weighted by Gasteiger charge is 2.82. The van der Waals surface area contributed by atoms with Crippen molar-refractivity contribution in [3.63, 3.8) is 0 Å². The molecule has 0 fully saturated rings. The molecule has 2 N–H and O–H groups in total. The molecule has 0 aliphatic heterocycles. The Labute approximate surface area is 96.1 Å². The molecule has 0 saturated carbocycles. The van der Waals surface area contributed by atoms with Gasteiger partial charge < -0.3 is 5.73 Å². The number of alkyl halides is 9.